The Morgan fingerprint density at radius 1 is 1.35 bits per heavy atom. The van der Waals surface area contributed by atoms with Crippen molar-refractivity contribution >= 4 is 17.6 Å². The molecule has 0 aliphatic carbocycles. The number of hydrogen-bond acceptors (Lipinski definition) is 5. The zero-order chi connectivity index (χ0) is 17.2. The molecule has 0 saturated carbocycles. The first-order chi connectivity index (χ1) is 11.0. The van der Waals surface area contributed by atoms with Gasteiger partial charge in [-0.15, -0.1) is 0 Å². The van der Waals surface area contributed by atoms with E-state index < -0.39 is 11.9 Å². The van der Waals surface area contributed by atoms with Crippen LogP contribution < -0.4 is 10.6 Å². The Hall–Kier alpha value is -2.81. The minimum absolute atomic E-state index is 0.0222. The Labute approximate surface area is 136 Å². The first-order valence-corrected chi connectivity index (χ1v) is 7.47. The largest absolute Gasteiger partial charge is 0.462 e. The number of rotatable bonds is 7. The molecule has 122 valence electrons. The fourth-order valence-electron chi connectivity index (χ4n) is 1.70. The maximum atomic E-state index is 12.0. The summed E-state index contributed by atoms with van der Waals surface area (Å²) in [6.07, 6.45) is 2.05. The van der Waals surface area contributed by atoms with Gasteiger partial charge in [0.15, 0.2) is 0 Å². The Balaban J connectivity index is 2.92. The smallest absolute Gasteiger partial charge is 0.340 e. The van der Waals surface area contributed by atoms with Gasteiger partial charge in [-0.3, -0.25) is 4.79 Å². The summed E-state index contributed by atoms with van der Waals surface area (Å²) >= 11 is 0. The third-order valence-electron chi connectivity index (χ3n) is 3.15. The molecule has 6 nitrogen and oxygen atoms in total. The van der Waals surface area contributed by atoms with Crippen molar-refractivity contribution in [3.8, 4) is 6.07 Å². The second-order valence-electron chi connectivity index (χ2n) is 4.86. The summed E-state index contributed by atoms with van der Waals surface area (Å²) in [5.41, 5.74) is 0.740. The van der Waals surface area contributed by atoms with E-state index in [0.29, 0.717) is 11.3 Å². The van der Waals surface area contributed by atoms with Gasteiger partial charge < -0.3 is 15.4 Å². The van der Waals surface area contributed by atoms with E-state index in [1.807, 2.05) is 19.9 Å². The predicted octanol–water partition coefficient (Wildman–Crippen LogP) is 2.60. The normalized spacial score (nSPS) is 12.0. The van der Waals surface area contributed by atoms with E-state index in [1.54, 1.807) is 31.2 Å². The van der Waals surface area contributed by atoms with Crippen molar-refractivity contribution in [1.29, 1.82) is 5.26 Å². The van der Waals surface area contributed by atoms with E-state index in [1.165, 1.54) is 6.20 Å². The summed E-state index contributed by atoms with van der Waals surface area (Å²) in [6, 6.07) is 8.56. The molecule has 0 aliphatic rings. The Morgan fingerprint density at radius 2 is 2.04 bits per heavy atom. The van der Waals surface area contributed by atoms with Crippen LogP contribution in [-0.4, -0.2) is 24.5 Å². The van der Waals surface area contributed by atoms with Crippen LogP contribution in [0.25, 0.3) is 0 Å². The Bertz CT molecular complexity index is 632. The number of carbonyl (C=O) groups excluding carboxylic acids is 2. The van der Waals surface area contributed by atoms with Gasteiger partial charge in [-0.05, 0) is 32.4 Å². The van der Waals surface area contributed by atoms with Crippen molar-refractivity contribution in [2.24, 2.45) is 0 Å². The number of hydrogen-bond donors (Lipinski definition) is 2. The van der Waals surface area contributed by atoms with Crippen LogP contribution in [0.5, 0.6) is 0 Å². The molecule has 1 aromatic rings. The Kier molecular flexibility index (Phi) is 7.34. The highest BCUT2D eigenvalue weighted by Gasteiger charge is 2.13. The summed E-state index contributed by atoms with van der Waals surface area (Å²) in [4.78, 5) is 23.8. The number of esters is 1. The minimum atomic E-state index is -0.466. The number of ether oxygens (including phenoxy) is 1. The predicted molar refractivity (Wildman–Crippen MR) is 87.6 cm³/mol. The lowest BCUT2D eigenvalue weighted by Crippen LogP contribution is -2.33. The molecular formula is C17H21N3O3. The molecule has 0 radical (unpaired) electrons. The fraction of sp³-hybridized carbons (Fsp3) is 0.353. The lowest BCUT2D eigenvalue weighted by Gasteiger charge is -2.11. The van der Waals surface area contributed by atoms with E-state index in [0.717, 1.165) is 6.42 Å². The zero-order valence-corrected chi connectivity index (χ0v) is 13.6. The second kappa shape index (κ2) is 9.26. The SMILES string of the molecule is CCOC(=O)c1ccccc1N/C=C(/C#N)C(=O)NC(C)CC. The molecule has 0 fully saturated rings. The first kappa shape index (κ1) is 18.2. The number of nitrogens with one attached hydrogen (secondary N) is 2. The van der Waals surface area contributed by atoms with Crippen LogP contribution in [0.4, 0.5) is 5.69 Å². The number of carbonyl (C=O) groups is 2. The van der Waals surface area contributed by atoms with Gasteiger partial charge in [-0.25, -0.2) is 4.79 Å². The van der Waals surface area contributed by atoms with Gasteiger partial charge in [0, 0.05) is 12.2 Å². The van der Waals surface area contributed by atoms with E-state index in [2.05, 4.69) is 10.6 Å². The van der Waals surface area contributed by atoms with Crippen molar-refractivity contribution in [3.05, 3.63) is 41.6 Å². The zero-order valence-electron chi connectivity index (χ0n) is 13.6. The third-order valence-corrected chi connectivity index (χ3v) is 3.15. The fourth-order valence-corrected chi connectivity index (χ4v) is 1.70. The van der Waals surface area contributed by atoms with Crippen molar-refractivity contribution in [2.75, 3.05) is 11.9 Å². The minimum Gasteiger partial charge on any atom is -0.462 e. The molecule has 1 aromatic carbocycles. The number of benzene rings is 1. The lowest BCUT2D eigenvalue weighted by atomic mass is 10.1. The van der Waals surface area contributed by atoms with Crippen LogP contribution in [0.15, 0.2) is 36.0 Å². The molecule has 2 N–H and O–H groups in total. The summed E-state index contributed by atoms with van der Waals surface area (Å²) < 4.78 is 4.97. The van der Waals surface area contributed by atoms with Gasteiger partial charge in [0.25, 0.3) is 5.91 Å². The maximum absolute atomic E-state index is 12.0. The van der Waals surface area contributed by atoms with E-state index in [4.69, 9.17) is 10.00 Å². The number of para-hydroxylation sites is 1. The summed E-state index contributed by atoms with van der Waals surface area (Å²) in [5.74, 6) is -0.922. The molecule has 1 unspecified atom stereocenters. The van der Waals surface area contributed by atoms with Crippen LogP contribution in [-0.2, 0) is 9.53 Å². The van der Waals surface area contributed by atoms with E-state index >= 15 is 0 Å². The molecule has 0 spiro atoms. The van der Waals surface area contributed by atoms with Gasteiger partial charge in [-0.1, -0.05) is 19.1 Å². The second-order valence-corrected chi connectivity index (χ2v) is 4.86. The summed E-state index contributed by atoms with van der Waals surface area (Å²) in [6.45, 7) is 5.79. The van der Waals surface area contributed by atoms with E-state index in [9.17, 15) is 9.59 Å². The van der Waals surface area contributed by atoms with Gasteiger partial charge in [0.1, 0.15) is 11.6 Å². The van der Waals surface area contributed by atoms with Crippen LogP contribution in [0.1, 0.15) is 37.6 Å². The van der Waals surface area contributed by atoms with Gasteiger partial charge >= 0.3 is 5.97 Å². The third kappa shape index (κ3) is 5.47. The number of amides is 1. The molecular weight excluding hydrogens is 294 g/mol. The van der Waals surface area contributed by atoms with Crippen molar-refractivity contribution in [2.45, 2.75) is 33.2 Å². The molecule has 23 heavy (non-hydrogen) atoms. The molecule has 0 saturated heterocycles. The van der Waals surface area contributed by atoms with Crippen LogP contribution in [0.3, 0.4) is 0 Å². The molecule has 0 heterocycles. The quantitative estimate of drug-likeness (QED) is 0.458. The Morgan fingerprint density at radius 3 is 2.65 bits per heavy atom. The maximum Gasteiger partial charge on any atom is 0.340 e. The average Bonchev–Trinajstić information content (AvgIpc) is 2.55. The van der Waals surface area contributed by atoms with Crippen molar-refractivity contribution in [1.82, 2.24) is 5.32 Å². The topological polar surface area (TPSA) is 91.2 Å². The van der Waals surface area contributed by atoms with Crippen LogP contribution >= 0.6 is 0 Å². The summed E-state index contributed by atoms with van der Waals surface area (Å²) in [7, 11) is 0. The van der Waals surface area contributed by atoms with Crippen molar-refractivity contribution < 1.29 is 14.3 Å². The molecule has 6 heteroatoms. The molecule has 1 amide bonds. The molecule has 0 bridgehead atoms. The van der Waals surface area contributed by atoms with Gasteiger partial charge in [-0.2, -0.15) is 5.26 Å². The van der Waals surface area contributed by atoms with Gasteiger partial charge in [0.2, 0.25) is 0 Å². The molecule has 0 aromatic heterocycles. The number of nitriles is 1. The summed E-state index contributed by atoms with van der Waals surface area (Å²) in [5, 5.41) is 14.7. The monoisotopic (exact) mass is 315 g/mol. The highest BCUT2D eigenvalue weighted by molar-refractivity contribution is 5.99. The first-order valence-electron chi connectivity index (χ1n) is 7.47. The molecule has 0 aliphatic heterocycles. The lowest BCUT2D eigenvalue weighted by molar-refractivity contribution is -0.117. The van der Waals surface area contributed by atoms with E-state index in [-0.39, 0.29) is 18.2 Å². The highest BCUT2D eigenvalue weighted by Crippen LogP contribution is 2.16. The van der Waals surface area contributed by atoms with Crippen LogP contribution in [0, 0.1) is 11.3 Å². The molecule has 1 rings (SSSR count). The number of anilines is 1. The highest BCUT2D eigenvalue weighted by atomic mass is 16.5. The van der Waals surface area contributed by atoms with Crippen LogP contribution in [0.2, 0.25) is 0 Å². The molecule has 1 atom stereocenters. The van der Waals surface area contributed by atoms with Crippen molar-refractivity contribution in [3.63, 3.8) is 0 Å². The standard InChI is InChI=1S/C17H21N3O3/c1-4-12(3)20-16(21)13(10-18)11-19-15-9-7-6-8-14(15)17(22)23-5-2/h6-9,11-12,19H,4-5H2,1-3H3,(H,20,21)/b13-11-. The average molecular weight is 315 g/mol. The van der Waals surface area contributed by atoms with Gasteiger partial charge in [0.05, 0.1) is 17.9 Å². The number of nitrogens with zero attached hydrogens (tertiary/aromatic N) is 1.